The zero-order valence-electron chi connectivity index (χ0n) is 24.3. The molecule has 0 aliphatic carbocycles. The first kappa shape index (κ1) is 30.0. The maximum atomic E-state index is 6.28. The van der Waals surface area contributed by atoms with Crippen LogP contribution in [0.15, 0.2) is 72.8 Å². The lowest BCUT2D eigenvalue weighted by molar-refractivity contribution is 0.191. The van der Waals surface area contributed by atoms with Gasteiger partial charge < -0.3 is 19.7 Å². The van der Waals surface area contributed by atoms with E-state index in [2.05, 4.69) is 78.4 Å². The van der Waals surface area contributed by atoms with E-state index in [1.165, 1.54) is 16.9 Å². The molecule has 6 heteroatoms. The van der Waals surface area contributed by atoms with Crippen LogP contribution in [-0.4, -0.2) is 50.8 Å². The second-order valence-corrected chi connectivity index (χ2v) is 10.8. The summed E-state index contributed by atoms with van der Waals surface area (Å²) in [6, 6.07) is 22.4. The van der Waals surface area contributed by atoms with E-state index in [0.29, 0.717) is 11.6 Å². The minimum atomic E-state index is 0.695. The number of unbranched alkanes of at least 4 members (excludes halogenated alkanes) is 2. The number of halogens is 1. The Kier molecular flexibility index (Phi) is 11.8. The zero-order chi connectivity index (χ0) is 28.2. The lowest BCUT2D eigenvalue weighted by Crippen LogP contribution is -2.44. The Labute approximate surface area is 245 Å². The van der Waals surface area contributed by atoms with Crippen LogP contribution >= 0.6 is 11.6 Å². The van der Waals surface area contributed by atoms with Crippen molar-refractivity contribution < 1.29 is 9.47 Å². The monoisotopic (exact) mass is 561 g/mol. The molecule has 0 saturated carbocycles. The first-order valence-corrected chi connectivity index (χ1v) is 15.1. The smallest absolute Gasteiger partial charge is 0.128 e. The van der Waals surface area contributed by atoms with Crippen LogP contribution in [0.25, 0.3) is 5.70 Å². The minimum Gasteiger partial charge on any atom is -0.492 e. The summed E-state index contributed by atoms with van der Waals surface area (Å²) in [7, 11) is 0. The number of anilines is 1. The highest BCUT2D eigenvalue weighted by Crippen LogP contribution is 2.35. The molecule has 0 spiro atoms. The number of allylic oxidation sites excluding steroid dienone is 1. The van der Waals surface area contributed by atoms with Crippen LogP contribution in [0.4, 0.5) is 5.69 Å². The zero-order valence-corrected chi connectivity index (χ0v) is 25.1. The van der Waals surface area contributed by atoms with E-state index in [9.17, 15) is 0 Å². The van der Waals surface area contributed by atoms with Gasteiger partial charge in [0.1, 0.15) is 23.9 Å². The number of hydrogen-bond acceptors (Lipinski definition) is 5. The van der Waals surface area contributed by atoms with Gasteiger partial charge in [0.2, 0.25) is 0 Å². The lowest BCUT2D eigenvalue weighted by Gasteiger charge is -2.30. The molecule has 1 aliphatic rings. The average molecular weight is 562 g/mol. The van der Waals surface area contributed by atoms with Crippen LogP contribution in [0, 0.1) is 6.92 Å². The number of benzene rings is 3. The summed E-state index contributed by atoms with van der Waals surface area (Å²) in [5, 5.41) is 4.11. The van der Waals surface area contributed by atoms with Crippen molar-refractivity contribution in [2.75, 3.05) is 50.8 Å². The summed E-state index contributed by atoms with van der Waals surface area (Å²) in [4.78, 5) is 4.93. The topological polar surface area (TPSA) is 37.0 Å². The number of hydrogen-bond donors (Lipinski definition) is 1. The Balaban J connectivity index is 1.60. The van der Waals surface area contributed by atoms with Gasteiger partial charge in [-0.2, -0.15) is 0 Å². The summed E-state index contributed by atoms with van der Waals surface area (Å²) in [5.41, 5.74) is 4.78. The van der Waals surface area contributed by atoms with Gasteiger partial charge in [-0.25, -0.2) is 0 Å². The number of ether oxygens (including phenoxy) is 2. The Bertz CT molecular complexity index is 1220. The fourth-order valence-corrected chi connectivity index (χ4v) is 5.03. The highest BCUT2D eigenvalue weighted by molar-refractivity contribution is 6.30. The van der Waals surface area contributed by atoms with Crippen LogP contribution in [0.5, 0.6) is 17.2 Å². The van der Waals surface area contributed by atoms with Crippen molar-refractivity contribution in [1.82, 2.24) is 10.2 Å². The number of rotatable bonds is 14. The van der Waals surface area contributed by atoms with Gasteiger partial charge in [-0.15, -0.1) is 0 Å². The van der Waals surface area contributed by atoms with E-state index in [1.54, 1.807) is 0 Å². The van der Waals surface area contributed by atoms with Gasteiger partial charge in [-0.05, 0) is 67.8 Å². The Morgan fingerprint density at radius 2 is 1.73 bits per heavy atom. The highest BCUT2D eigenvalue weighted by atomic mass is 35.5. The summed E-state index contributed by atoms with van der Waals surface area (Å²) in [5.74, 6) is 2.50. The fraction of sp³-hybridized carbons (Fsp3) is 0.412. The first-order chi connectivity index (χ1) is 19.6. The van der Waals surface area contributed by atoms with E-state index in [0.717, 1.165) is 87.8 Å². The largest absolute Gasteiger partial charge is 0.492 e. The van der Waals surface area contributed by atoms with Gasteiger partial charge in [-0.3, -0.25) is 4.90 Å². The first-order valence-electron chi connectivity index (χ1n) is 14.8. The van der Waals surface area contributed by atoms with Crippen LogP contribution in [0.1, 0.15) is 50.7 Å². The molecule has 3 aromatic rings. The molecule has 1 fully saturated rings. The molecule has 5 nitrogen and oxygen atoms in total. The predicted octanol–water partition coefficient (Wildman–Crippen LogP) is 8.17. The van der Waals surface area contributed by atoms with Crippen molar-refractivity contribution in [2.45, 2.75) is 46.5 Å². The highest BCUT2D eigenvalue weighted by Gasteiger charge is 2.18. The summed E-state index contributed by atoms with van der Waals surface area (Å²) < 4.78 is 12.5. The molecule has 214 valence electrons. The Morgan fingerprint density at radius 1 is 0.950 bits per heavy atom. The number of nitrogens with zero attached hydrogens (tertiary/aromatic N) is 2. The Hall–Kier alpha value is -2.99. The second-order valence-electron chi connectivity index (χ2n) is 10.4. The van der Waals surface area contributed by atoms with Crippen LogP contribution in [0.2, 0.25) is 5.02 Å². The van der Waals surface area contributed by atoms with Gasteiger partial charge >= 0.3 is 0 Å². The third-order valence-corrected chi connectivity index (χ3v) is 7.44. The van der Waals surface area contributed by atoms with E-state index in [4.69, 9.17) is 21.1 Å². The molecule has 0 bridgehead atoms. The number of piperazine rings is 1. The quantitative estimate of drug-likeness (QED) is 0.215. The molecule has 0 amide bonds. The summed E-state index contributed by atoms with van der Waals surface area (Å²) in [6.07, 6.45) is 6.67. The van der Waals surface area contributed by atoms with E-state index in [-0.39, 0.29) is 0 Å². The average Bonchev–Trinajstić information content (AvgIpc) is 2.98. The van der Waals surface area contributed by atoms with Crippen molar-refractivity contribution in [3.63, 3.8) is 0 Å². The summed E-state index contributed by atoms with van der Waals surface area (Å²) >= 11 is 6.07. The third-order valence-electron chi connectivity index (χ3n) is 7.19. The van der Waals surface area contributed by atoms with Gasteiger partial charge in [0.05, 0.1) is 0 Å². The number of aryl methyl sites for hydroxylation is 1. The van der Waals surface area contributed by atoms with Crippen molar-refractivity contribution >= 4 is 23.0 Å². The van der Waals surface area contributed by atoms with Crippen LogP contribution in [0.3, 0.4) is 0 Å². The molecule has 0 radical (unpaired) electrons. The van der Waals surface area contributed by atoms with Gasteiger partial charge in [0.25, 0.3) is 0 Å². The third kappa shape index (κ3) is 8.76. The van der Waals surface area contributed by atoms with E-state index >= 15 is 0 Å². The van der Waals surface area contributed by atoms with Crippen molar-refractivity contribution in [2.24, 2.45) is 0 Å². The van der Waals surface area contributed by atoms with Gasteiger partial charge in [0.15, 0.2) is 0 Å². The maximum Gasteiger partial charge on any atom is 0.128 e. The number of nitrogens with one attached hydrogen (secondary N) is 1. The summed E-state index contributed by atoms with van der Waals surface area (Å²) in [6.45, 7) is 13.5. The predicted molar refractivity (Wildman–Crippen MR) is 169 cm³/mol. The molecule has 1 saturated heterocycles. The molecule has 1 heterocycles. The maximum absolute atomic E-state index is 6.28. The Morgan fingerprint density at radius 3 is 2.48 bits per heavy atom. The molecule has 1 aliphatic heterocycles. The molecule has 3 aromatic carbocycles. The molecule has 0 unspecified atom stereocenters. The van der Waals surface area contributed by atoms with Crippen molar-refractivity contribution in [3.05, 3.63) is 89.0 Å². The standard InChI is InChI=1S/C34H44ClN3O2/c1-4-6-11-33(28-9-8-10-32(25-28)40-30-16-13-29(35)14-17-30)38(20-7-5-2)34-26-31(15-12-27(34)3)39-24-23-37-21-18-36-19-22-37/h8-17,25-26,36H,4-7,18-24H2,1-3H3/b33-11+. The van der Waals surface area contributed by atoms with Gasteiger partial charge in [0, 0.05) is 67.3 Å². The fourth-order valence-electron chi connectivity index (χ4n) is 4.91. The molecule has 4 rings (SSSR count). The molecular weight excluding hydrogens is 518 g/mol. The SMILES string of the molecule is CCC/C=C(\c1cccc(Oc2ccc(Cl)cc2)c1)N(CCCC)c1cc(OCCN2CCNCC2)ccc1C. The molecule has 40 heavy (non-hydrogen) atoms. The van der Waals surface area contributed by atoms with E-state index < -0.39 is 0 Å². The van der Waals surface area contributed by atoms with Crippen LogP contribution in [-0.2, 0) is 0 Å². The lowest BCUT2D eigenvalue weighted by atomic mass is 10.0. The molecule has 1 N–H and O–H groups in total. The van der Waals surface area contributed by atoms with Crippen LogP contribution < -0.4 is 19.7 Å². The molecule has 0 atom stereocenters. The van der Waals surface area contributed by atoms with Crippen molar-refractivity contribution in [3.8, 4) is 17.2 Å². The molecule has 0 aromatic heterocycles. The second kappa shape index (κ2) is 15.7. The normalized spacial score (nSPS) is 14.2. The molecular formula is C34H44ClN3O2. The van der Waals surface area contributed by atoms with Gasteiger partial charge in [-0.1, -0.05) is 62.6 Å². The van der Waals surface area contributed by atoms with E-state index in [1.807, 2.05) is 30.3 Å². The minimum absolute atomic E-state index is 0.695. The van der Waals surface area contributed by atoms with Crippen molar-refractivity contribution in [1.29, 1.82) is 0 Å².